The zero-order valence-electron chi connectivity index (χ0n) is 20.7. The predicted molar refractivity (Wildman–Crippen MR) is 128 cm³/mol. The maximum atomic E-state index is 11.3. The molecule has 2 aromatic carbocycles. The second-order valence-electron chi connectivity index (χ2n) is 9.21. The molecule has 0 unspecified atom stereocenters. The first-order valence-corrected chi connectivity index (χ1v) is 11.7. The Balaban J connectivity index is 1.68. The van der Waals surface area contributed by atoms with Crippen LogP contribution in [0.1, 0.15) is 25.0 Å². The van der Waals surface area contributed by atoms with E-state index in [2.05, 4.69) is 13.8 Å². The van der Waals surface area contributed by atoms with Crippen molar-refractivity contribution in [1.82, 2.24) is 0 Å². The van der Waals surface area contributed by atoms with Crippen LogP contribution in [0.4, 0.5) is 0 Å². The van der Waals surface area contributed by atoms with Gasteiger partial charge in [0.2, 0.25) is 6.29 Å². The molecule has 0 spiro atoms. The number of benzene rings is 2. The molecule has 0 radical (unpaired) electrons. The fraction of sp³-hybridized carbons (Fsp3) is 0.500. The predicted octanol–water partition coefficient (Wildman–Crippen LogP) is 1.74. The number of aliphatic hydroxyl groups is 3. The fourth-order valence-electron chi connectivity index (χ4n) is 4.21. The molecule has 0 amide bonds. The monoisotopic (exact) mass is 506 g/mol. The summed E-state index contributed by atoms with van der Waals surface area (Å²) in [6, 6.07) is 10.6. The van der Waals surface area contributed by atoms with Crippen molar-refractivity contribution in [3.8, 4) is 23.0 Å². The topological polar surface area (TPSA) is 155 Å². The highest BCUT2D eigenvalue weighted by Gasteiger charge is 2.48. The van der Waals surface area contributed by atoms with Crippen LogP contribution < -0.4 is 14.2 Å². The largest absolute Gasteiger partial charge is 0.504 e. The van der Waals surface area contributed by atoms with E-state index in [0.717, 1.165) is 24.0 Å². The van der Waals surface area contributed by atoms with Crippen molar-refractivity contribution in [2.45, 2.75) is 57.4 Å². The van der Waals surface area contributed by atoms with Gasteiger partial charge in [-0.1, -0.05) is 26.0 Å². The Morgan fingerprint density at radius 2 is 1.42 bits per heavy atom. The van der Waals surface area contributed by atoms with Gasteiger partial charge in [-0.05, 0) is 60.1 Å². The summed E-state index contributed by atoms with van der Waals surface area (Å²) in [5.41, 5.74) is 2.04. The summed E-state index contributed by atoms with van der Waals surface area (Å²) in [4.78, 5) is 11.3. The Morgan fingerprint density at radius 3 is 1.97 bits per heavy atom. The summed E-state index contributed by atoms with van der Waals surface area (Å²) < 4.78 is 21.5. The van der Waals surface area contributed by atoms with Crippen molar-refractivity contribution in [2.24, 2.45) is 11.8 Å². The Labute approximate surface area is 209 Å². The number of rotatable bonds is 10. The van der Waals surface area contributed by atoms with E-state index in [4.69, 9.17) is 18.9 Å². The molecule has 198 valence electrons. The number of phenols is 1. The van der Waals surface area contributed by atoms with Crippen LogP contribution in [0.15, 0.2) is 36.4 Å². The number of aliphatic hydroxyl groups excluding tert-OH is 3. The maximum absolute atomic E-state index is 11.3. The van der Waals surface area contributed by atoms with Crippen LogP contribution in [0.3, 0.4) is 0 Å². The number of aromatic hydroxyl groups is 1. The number of phenolic OH excluding ortho intramolecular Hbond substituents is 1. The van der Waals surface area contributed by atoms with E-state index >= 15 is 0 Å². The van der Waals surface area contributed by atoms with Gasteiger partial charge in [0.1, 0.15) is 18.3 Å². The van der Waals surface area contributed by atoms with E-state index in [-0.39, 0.29) is 17.4 Å². The number of methoxy groups -OCH3 is 2. The molecule has 10 heteroatoms. The standard InChI is InChI=1S/C26H34O10/c1-13(9-15-5-7-17(27)19(11-15)33-3)14(2)10-16-6-8-18(20(12-16)34-4)35-26-23(30)21(28)22(29)24(36-26)25(31)32/h5-8,11-14,21-24,26-30H,9-10H2,1-4H3,(H,31,32)/t13-,14+,21-,22-,23+,24-,26+/m0/s1. The SMILES string of the molecule is COc1cc(C[C@H](C)[C@H](C)Cc2ccc(O[C@@H]3O[C@H](C(=O)O)[C@@H](O)[C@H](O)[C@H]3O)c(OC)c2)ccc1O. The second kappa shape index (κ2) is 11.8. The molecule has 36 heavy (non-hydrogen) atoms. The molecule has 10 nitrogen and oxygen atoms in total. The number of hydrogen-bond donors (Lipinski definition) is 5. The van der Waals surface area contributed by atoms with Crippen LogP contribution >= 0.6 is 0 Å². The molecule has 2 aromatic rings. The van der Waals surface area contributed by atoms with E-state index in [9.17, 15) is 30.3 Å². The summed E-state index contributed by atoms with van der Waals surface area (Å²) >= 11 is 0. The first-order chi connectivity index (χ1) is 17.0. The number of carboxylic acids is 1. The second-order valence-corrected chi connectivity index (χ2v) is 9.21. The third-order valence-corrected chi connectivity index (χ3v) is 6.62. The van der Waals surface area contributed by atoms with Gasteiger partial charge in [-0.3, -0.25) is 0 Å². The number of carbonyl (C=O) groups is 1. The van der Waals surface area contributed by atoms with Crippen LogP contribution in [0.2, 0.25) is 0 Å². The van der Waals surface area contributed by atoms with E-state index in [0.29, 0.717) is 17.4 Å². The lowest BCUT2D eigenvalue weighted by Gasteiger charge is -2.38. The van der Waals surface area contributed by atoms with Crippen molar-refractivity contribution in [2.75, 3.05) is 14.2 Å². The van der Waals surface area contributed by atoms with Gasteiger partial charge >= 0.3 is 5.97 Å². The lowest BCUT2D eigenvalue weighted by atomic mass is 9.85. The van der Waals surface area contributed by atoms with Gasteiger partial charge in [-0.25, -0.2) is 4.79 Å². The highest BCUT2D eigenvalue weighted by molar-refractivity contribution is 5.73. The Bertz CT molecular complexity index is 1040. The van der Waals surface area contributed by atoms with E-state index in [1.807, 2.05) is 18.2 Å². The molecule has 5 N–H and O–H groups in total. The lowest BCUT2D eigenvalue weighted by Crippen LogP contribution is -2.61. The first-order valence-electron chi connectivity index (χ1n) is 11.7. The van der Waals surface area contributed by atoms with Gasteiger partial charge < -0.3 is 44.5 Å². The number of hydrogen-bond acceptors (Lipinski definition) is 9. The van der Waals surface area contributed by atoms with E-state index in [1.165, 1.54) is 14.2 Å². The fourth-order valence-corrected chi connectivity index (χ4v) is 4.21. The highest BCUT2D eigenvalue weighted by atomic mass is 16.7. The summed E-state index contributed by atoms with van der Waals surface area (Å²) in [5.74, 6) is 0.195. The summed E-state index contributed by atoms with van der Waals surface area (Å²) in [5, 5.41) is 49.1. The van der Waals surface area contributed by atoms with Gasteiger partial charge in [0.05, 0.1) is 14.2 Å². The minimum atomic E-state index is -1.80. The number of ether oxygens (including phenoxy) is 4. The minimum Gasteiger partial charge on any atom is -0.504 e. The molecular formula is C26H34O10. The minimum absolute atomic E-state index is 0.103. The van der Waals surface area contributed by atoms with Crippen LogP contribution in [0, 0.1) is 11.8 Å². The smallest absolute Gasteiger partial charge is 0.335 e. The number of carboxylic acid groups (broad SMARTS) is 1. The Kier molecular flexibility index (Phi) is 9.02. The van der Waals surface area contributed by atoms with Crippen molar-refractivity contribution in [3.63, 3.8) is 0 Å². The molecular weight excluding hydrogens is 472 g/mol. The molecule has 1 aliphatic rings. The molecule has 0 aliphatic carbocycles. The van der Waals surface area contributed by atoms with Crippen molar-refractivity contribution in [1.29, 1.82) is 0 Å². The van der Waals surface area contributed by atoms with Crippen molar-refractivity contribution in [3.05, 3.63) is 47.5 Å². The van der Waals surface area contributed by atoms with E-state index < -0.39 is 36.7 Å². The zero-order valence-corrected chi connectivity index (χ0v) is 20.7. The lowest BCUT2D eigenvalue weighted by molar-refractivity contribution is -0.271. The van der Waals surface area contributed by atoms with Gasteiger partial charge in [0.15, 0.2) is 29.1 Å². The first kappa shape index (κ1) is 27.5. The average Bonchev–Trinajstić information content (AvgIpc) is 2.85. The molecule has 0 saturated carbocycles. The van der Waals surface area contributed by atoms with Gasteiger partial charge in [0, 0.05) is 0 Å². The van der Waals surface area contributed by atoms with Gasteiger partial charge in [0.25, 0.3) is 0 Å². The average molecular weight is 507 g/mol. The van der Waals surface area contributed by atoms with Crippen molar-refractivity contribution < 1.29 is 49.3 Å². The Hall–Kier alpha value is -3.05. The van der Waals surface area contributed by atoms with Gasteiger partial charge in [-0.15, -0.1) is 0 Å². The van der Waals surface area contributed by atoms with Gasteiger partial charge in [-0.2, -0.15) is 0 Å². The molecule has 3 rings (SSSR count). The van der Waals surface area contributed by atoms with E-state index in [1.54, 1.807) is 18.2 Å². The summed E-state index contributed by atoms with van der Waals surface area (Å²) in [6.45, 7) is 4.29. The van der Waals surface area contributed by atoms with Crippen LogP contribution in [-0.2, 0) is 22.4 Å². The summed E-state index contributed by atoms with van der Waals surface area (Å²) in [7, 11) is 2.97. The Morgan fingerprint density at radius 1 is 0.861 bits per heavy atom. The molecule has 0 bridgehead atoms. The third-order valence-electron chi connectivity index (χ3n) is 6.62. The van der Waals surface area contributed by atoms with Crippen molar-refractivity contribution >= 4 is 5.97 Å². The third kappa shape index (κ3) is 6.19. The molecule has 7 atom stereocenters. The summed E-state index contributed by atoms with van der Waals surface area (Å²) in [6.07, 6.45) is -6.97. The maximum Gasteiger partial charge on any atom is 0.335 e. The molecule has 1 saturated heterocycles. The quantitative estimate of drug-likeness (QED) is 0.322. The molecule has 1 aliphatic heterocycles. The van der Waals surface area contributed by atoms with Crippen LogP contribution in [0.25, 0.3) is 0 Å². The van der Waals surface area contributed by atoms with Crippen LogP contribution in [0.5, 0.6) is 23.0 Å². The molecule has 0 aromatic heterocycles. The number of aliphatic carboxylic acids is 1. The zero-order chi connectivity index (χ0) is 26.6. The molecule has 1 fully saturated rings. The normalized spacial score (nSPS) is 25.6. The highest BCUT2D eigenvalue weighted by Crippen LogP contribution is 2.34. The van der Waals surface area contributed by atoms with Crippen LogP contribution in [-0.4, -0.2) is 76.4 Å². The molecule has 1 heterocycles.